The van der Waals surface area contributed by atoms with Crippen molar-refractivity contribution in [3.63, 3.8) is 0 Å². The molecule has 3 aliphatic rings. The van der Waals surface area contributed by atoms with E-state index in [1.54, 1.807) is 0 Å². The summed E-state index contributed by atoms with van der Waals surface area (Å²) in [5, 5.41) is 6.29. The lowest BCUT2D eigenvalue weighted by Crippen LogP contribution is -2.52. The second-order valence-corrected chi connectivity index (χ2v) is 5.76. The highest BCUT2D eigenvalue weighted by atomic mass is 16.5. The highest BCUT2D eigenvalue weighted by molar-refractivity contribution is 5.81. The fourth-order valence-corrected chi connectivity index (χ4v) is 3.72. The van der Waals surface area contributed by atoms with Crippen LogP contribution in [0.3, 0.4) is 0 Å². The Hall–Kier alpha value is -0.610. The Morgan fingerprint density at radius 1 is 1.35 bits per heavy atom. The Morgan fingerprint density at radius 3 is 2.94 bits per heavy atom. The van der Waals surface area contributed by atoms with Crippen molar-refractivity contribution in [2.75, 3.05) is 26.3 Å². The number of amides is 1. The zero-order chi connectivity index (χ0) is 11.7. The quantitative estimate of drug-likeness (QED) is 0.754. The van der Waals surface area contributed by atoms with Gasteiger partial charge in [-0.05, 0) is 37.0 Å². The Bertz CT molecular complexity index is 289. The number of fused-ring (bicyclic) bond motifs is 2. The van der Waals surface area contributed by atoms with Crippen LogP contribution in [0.4, 0.5) is 0 Å². The number of hydrogen-bond acceptors (Lipinski definition) is 3. The SMILES string of the molecule is O=C(NCC1CC2CCC1C2)C1COCCN1. The van der Waals surface area contributed by atoms with Crippen LogP contribution >= 0.6 is 0 Å². The van der Waals surface area contributed by atoms with Crippen LogP contribution in [0, 0.1) is 17.8 Å². The molecule has 0 aromatic heterocycles. The van der Waals surface area contributed by atoms with Gasteiger partial charge in [-0.15, -0.1) is 0 Å². The van der Waals surface area contributed by atoms with Gasteiger partial charge in [-0.1, -0.05) is 6.42 Å². The van der Waals surface area contributed by atoms with Crippen LogP contribution in [0.25, 0.3) is 0 Å². The highest BCUT2D eigenvalue weighted by Gasteiger charge is 2.39. The molecule has 17 heavy (non-hydrogen) atoms. The average molecular weight is 238 g/mol. The van der Waals surface area contributed by atoms with E-state index in [0.29, 0.717) is 6.61 Å². The van der Waals surface area contributed by atoms with Crippen molar-refractivity contribution in [1.29, 1.82) is 0 Å². The van der Waals surface area contributed by atoms with Crippen LogP contribution in [0.15, 0.2) is 0 Å². The molecule has 0 radical (unpaired) electrons. The summed E-state index contributed by atoms with van der Waals surface area (Å²) in [4.78, 5) is 11.9. The van der Waals surface area contributed by atoms with Gasteiger partial charge in [0.15, 0.2) is 0 Å². The number of ether oxygens (including phenoxy) is 1. The van der Waals surface area contributed by atoms with Crippen molar-refractivity contribution in [1.82, 2.24) is 10.6 Å². The molecule has 3 fully saturated rings. The highest BCUT2D eigenvalue weighted by Crippen LogP contribution is 2.47. The Balaban J connectivity index is 1.43. The molecule has 1 amide bonds. The van der Waals surface area contributed by atoms with E-state index in [9.17, 15) is 4.79 Å². The molecule has 4 heteroatoms. The summed E-state index contributed by atoms with van der Waals surface area (Å²) >= 11 is 0. The molecule has 2 saturated carbocycles. The van der Waals surface area contributed by atoms with Gasteiger partial charge in [-0.2, -0.15) is 0 Å². The second-order valence-electron chi connectivity index (χ2n) is 5.76. The smallest absolute Gasteiger partial charge is 0.239 e. The van der Waals surface area contributed by atoms with Crippen molar-refractivity contribution in [3.8, 4) is 0 Å². The van der Waals surface area contributed by atoms with Crippen LogP contribution in [0.1, 0.15) is 25.7 Å². The maximum atomic E-state index is 11.9. The van der Waals surface area contributed by atoms with E-state index in [1.807, 2.05) is 0 Å². The molecule has 1 aliphatic heterocycles. The van der Waals surface area contributed by atoms with E-state index in [4.69, 9.17) is 4.74 Å². The van der Waals surface area contributed by atoms with Crippen LogP contribution in [-0.4, -0.2) is 38.3 Å². The molecule has 1 heterocycles. The molecule has 1 saturated heterocycles. The lowest BCUT2D eigenvalue weighted by Gasteiger charge is -2.26. The number of carbonyl (C=O) groups is 1. The molecule has 4 unspecified atom stereocenters. The van der Waals surface area contributed by atoms with Gasteiger partial charge in [-0.3, -0.25) is 4.79 Å². The molecule has 2 bridgehead atoms. The molecule has 2 aliphatic carbocycles. The summed E-state index contributed by atoms with van der Waals surface area (Å²) < 4.78 is 5.30. The van der Waals surface area contributed by atoms with Gasteiger partial charge in [-0.25, -0.2) is 0 Å². The predicted octanol–water partition coefficient (Wildman–Crippen LogP) is 0.527. The fraction of sp³-hybridized carbons (Fsp3) is 0.923. The first kappa shape index (κ1) is 11.5. The second kappa shape index (κ2) is 4.94. The number of nitrogens with one attached hydrogen (secondary N) is 2. The zero-order valence-electron chi connectivity index (χ0n) is 10.3. The summed E-state index contributed by atoms with van der Waals surface area (Å²) in [6.07, 6.45) is 5.55. The molecule has 4 atom stereocenters. The van der Waals surface area contributed by atoms with E-state index in [1.165, 1.54) is 25.7 Å². The van der Waals surface area contributed by atoms with E-state index >= 15 is 0 Å². The molecular formula is C13H22N2O2. The number of rotatable bonds is 3. The number of hydrogen-bond donors (Lipinski definition) is 2. The average Bonchev–Trinajstić information content (AvgIpc) is 2.99. The third-order valence-corrected chi connectivity index (χ3v) is 4.66. The van der Waals surface area contributed by atoms with Crippen molar-refractivity contribution < 1.29 is 9.53 Å². The lowest BCUT2D eigenvalue weighted by molar-refractivity contribution is -0.126. The van der Waals surface area contributed by atoms with Gasteiger partial charge < -0.3 is 15.4 Å². The van der Waals surface area contributed by atoms with Crippen LogP contribution in [0.2, 0.25) is 0 Å². The number of carbonyl (C=O) groups excluding carboxylic acids is 1. The Labute approximate surface area is 102 Å². The van der Waals surface area contributed by atoms with Crippen molar-refractivity contribution in [2.45, 2.75) is 31.7 Å². The summed E-state index contributed by atoms with van der Waals surface area (Å²) in [6.45, 7) is 2.89. The van der Waals surface area contributed by atoms with Crippen LogP contribution in [-0.2, 0) is 9.53 Å². The maximum absolute atomic E-state index is 11.9. The minimum absolute atomic E-state index is 0.118. The van der Waals surface area contributed by atoms with E-state index in [0.717, 1.165) is 37.5 Å². The summed E-state index contributed by atoms with van der Waals surface area (Å²) in [6, 6.07) is -0.137. The van der Waals surface area contributed by atoms with Crippen molar-refractivity contribution in [3.05, 3.63) is 0 Å². The van der Waals surface area contributed by atoms with Crippen LogP contribution < -0.4 is 10.6 Å². The van der Waals surface area contributed by atoms with Gasteiger partial charge in [0.1, 0.15) is 6.04 Å². The summed E-state index contributed by atoms with van der Waals surface area (Å²) in [7, 11) is 0. The van der Waals surface area contributed by atoms with Gasteiger partial charge in [0.25, 0.3) is 0 Å². The van der Waals surface area contributed by atoms with Crippen molar-refractivity contribution >= 4 is 5.91 Å². The maximum Gasteiger partial charge on any atom is 0.239 e. The zero-order valence-corrected chi connectivity index (χ0v) is 10.3. The summed E-state index contributed by atoms with van der Waals surface area (Å²) in [5.41, 5.74) is 0. The normalized spacial score (nSPS) is 40.5. The minimum atomic E-state index is -0.137. The third-order valence-electron chi connectivity index (χ3n) is 4.66. The molecule has 3 rings (SSSR count). The van der Waals surface area contributed by atoms with E-state index < -0.39 is 0 Å². The van der Waals surface area contributed by atoms with Crippen LogP contribution in [0.5, 0.6) is 0 Å². The first-order valence-corrected chi connectivity index (χ1v) is 6.92. The Kier molecular flexibility index (Phi) is 3.34. The lowest BCUT2D eigenvalue weighted by atomic mass is 9.89. The molecule has 96 valence electrons. The van der Waals surface area contributed by atoms with E-state index in [2.05, 4.69) is 10.6 Å². The summed E-state index contributed by atoms with van der Waals surface area (Å²) in [5.74, 6) is 2.70. The molecule has 0 aromatic rings. The minimum Gasteiger partial charge on any atom is -0.378 e. The molecular weight excluding hydrogens is 216 g/mol. The van der Waals surface area contributed by atoms with Gasteiger partial charge in [0.05, 0.1) is 13.2 Å². The number of morpholine rings is 1. The first-order valence-electron chi connectivity index (χ1n) is 6.92. The standard InChI is InChI=1S/C13H22N2O2/c16-13(12-8-17-4-3-14-12)15-7-11-6-9-1-2-10(11)5-9/h9-12,14H,1-8H2,(H,15,16). The molecule has 0 spiro atoms. The molecule has 0 aromatic carbocycles. The predicted molar refractivity (Wildman–Crippen MR) is 64.6 cm³/mol. The Morgan fingerprint density at radius 2 is 2.29 bits per heavy atom. The topological polar surface area (TPSA) is 50.4 Å². The largest absolute Gasteiger partial charge is 0.378 e. The van der Waals surface area contributed by atoms with E-state index in [-0.39, 0.29) is 11.9 Å². The fourth-order valence-electron chi connectivity index (χ4n) is 3.72. The third kappa shape index (κ3) is 2.47. The van der Waals surface area contributed by atoms with Gasteiger partial charge in [0, 0.05) is 13.1 Å². The van der Waals surface area contributed by atoms with Gasteiger partial charge in [0.2, 0.25) is 5.91 Å². The van der Waals surface area contributed by atoms with Crippen molar-refractivity contribution in [2.24, 2.45) is 17.8 Å². The first-order chi connectivity index (χ1) is 8.33. The van der Waals surface area contributed by atoms with Gasteiger partial charge >= 0.3 is 0 Å². The molecule has 2 N–H and O–H groups in total. The molecule has 4 nitrogen and oxygen atoms in total. The monoisotopic (exact) mass is 238 g/mol.